The average molecular weight is 395 g/mol. The van der Waals surface area contributed by atoms with E-state index in [4.69, 9.17) is 14.6 Å². The van der Waals surface area contributed by atoms with Crippen LogP contribution in [0.2, 0.25) is 0 Å². The molecule has 6 heteroatoms. The van der Waals surface area contributed by atoms with Gasteiger partial charge in [-0.3, -0.25) is 9.59 Å². The molecule has 1 N–H and O–H groups in total. The fourth-order valence-electron chi connectivity index (χ4n) is 3.35. The van der Waals surface area contributed by atoms with Gasteiger partial charge in [0.15, 0.2) is 11.4 Å². The molecule has 1 fully saturated rings. The fourth-order valence-corrected chi connectivity index (χ4v) is 3.35. The van der Waals surface area contributed by atoms with E-state index in [1.165, 1.54) is 12.5 Å². The molecule has 0 amide bonds. The third-order valence-corrected chi connectivity index (χ3v) is 5.17. The number of esters is 1. The summed E-state index contributed by atoms with van der Waals surface area (Å²) < 4.78 is 11.2. The van der Waals surface area contributed by atoms with E-state index in [9.17, 15) is 14.4 Å². The first-order valence-corrected chi connectivity index (χ1v) is 9.94. The number of rotatable bonds is 9. The van der Waals surface area contributed by atoms with Crippen LogP contribution in [0.5, 0.6) is 0 Å². The smallest absolute Gasteiger partial charge is 0.328 e. The Morgan fingerprint density at radius 1 is 1.29 bits per heavy atom. The molecule has 0 bridgehead atoms. The van der Waals surface area contributed by atoms with Gasteiger partial charge in [0.05, 0.1) is 6.61 Å². The van der Waals surface area contributed by atoms with Gasteiger partial charge in [-0.15, -0.1) is 0 Å². The van der Waals surface area contributed by atoms with Crippen LogP contribution in [0.4, 0.5) is 0 Å². The van der Waals surface area contributed by atoms with Crippen LogP contribution in [0.3, 0.4) is 0 Å². The minimum atomic E-state index is -1.26. The van der Waals surface area contributed by atoms with Crippen LogP contribution >= 0.6 is 0 Å². The van der Waals surface area contributed by atoms with Gasteiger partial charge in [0, 0.05) is 19.4 Å². The molecule has 6 nitrogen and oxygen atoms in total. The molecule has 1 aliphatic heterocycles. The molecule has 0 aromatic heterocycles. The number of carboxylic acid groups (broad SMARTS) is 1. The molecule has 0 aromatic carbocycles. The molecule has 1 heterocycles. The van der Waals surface area contributed by atoms with Crippen molar-refractivity contribution in [3.05, 3.63) is 23.3 Å². The third kappa shape index (κ3) is 7.97. The van der Waals surface area contributed by atoms with Crippen molar-refractivity contribution in [1.82, 2.24) is 0 Å². The predicted octanol–water partition coefficient (Wildman–Crippen LogP) is 4.23. The molecule has 0 saturated carbocycles. The zero-order valence-electron chi connectivity index (χ0n) is 17.7. The summed E-state index contributed by atoms with van der Waals surface area (Å²) >= 11 is 0. The van der Waals surface area contributed by atoms with Crippen molar-refractivity contribution in [1.29, 1.82) is 0 Å². The Kier molecular flexibility index (Phi) is 9.59. The number of allylic oxidation sites excluding steroid dienone is 2. The van der Waals surface area contributed by atoms with Gasteiger partial charge in [-0.2, -0.15) is 0 Å². The van der Waals surface area contributed by atoms with Crippen LogP contribution in [0, 0.1) is 5.92 Å². The van der Waals surface area contributed by atoms with Crippen molar-refractivity contribution < 1.29 is 29.0 Å². The molecular weight excluding hydrogens is 360 g/mol. The molecule has 28 heavy (non-hydrogen) atoms. The Labute approximate surface area is 168 Å². The number of carbonyl (C=O) groups is 3. The van der Waals surface area contributed by atoms with E-state index in [-0.39, 0.29) is 12.4 Å². The normalized spacial score (nSPS) is 24.9. The van der Waals surface area contributed by atoms with E-state index in [0.717, 1.165) is 25.3 Å². The van der Waals surface area contributed by atoms with Crippen molar-refractivity contribution >= 4 is 17.7 Å². The predicted molar refractivity (Wildman–Crippen MR) is 107 cm³/mol. The quantitative estimate of drug-likeness (QED) is 0.358. The Bertz CT molecular complexity index is 629. The first-order valence-electron chi connectivity index (χ1n) is 9.94. The number of carboxylic acids is 1. The largest absolute Gasteiger partial charge is 0.478 e. The lowest BCUT2D eigenvalue weighted by atomic mass is 9.86. The van der Waals surface area contributed by atoms with Gasteiger partial charge in [0.2, 0.25) is 0 Å². The molecule has 1 aliphatic rings. The number of hydrogen-bond acceptors (Lipinski definition) is 5. The van der Waals surface area contributed by atoms with Crippen LogP contribution in [-0.4, -0.2) is 41.1 Å². The SMILES string of the molecule is CC(=O)O[C@@H]1CCC(=CC(=O)O)CO[C@]1(C)C(=O)CCC(C)CCC=C(C)C. The summed E-state index contributed by atoms with van der Waals surface area (Å²) in [5.41, 5.74) is 0.604. The van der Waals surface area contributed by atoms with Gasteiger partial charge >= 0.3 is 11.9 Å². The second-order valence-electron chi connectivity index (χ2n) is 8.10. The van der Waals surface area contributed by atoms with Crippen molar-refractivity contribution in [2.24, 2.45) is 5.92 Å². The molecule has 3 atom stereocenters. The summed E-state index contributed by atoms with van der Waals surface area (Å²) in [6.45, 7) is 9.26. The maximum atomic E-state index is 13.0. The minimum Gasteiger partial charge on any atom is -0.478 e. The zero-order valence-corrected chi connectivity index (χ0v) is 17.7. The maximum Gasteiger partial charge on any atom is 0.328 e. The Morgan fingerprint density at radius 3 is 2.54 bits per heavy atom. The highest BCUT2D eigenvalue weighted by Crippen LogP contribution is 2.32. The van der Waals surface area contributed by atoms with Crippen LogP contribution < -0.4 is 0 Å². The monoisotopic (exact) mass is 394 g/mol. The van der Waals surface area contributed by atoms with Gasteiger partial charge in [0.25, 0.3) is 0 Å². The minimum absolute atomic E-state index is 0.0441. The number of ether oxygens (including phenoxy) is 2. The molecule has 1 saturated heterocycles. The highest BCUT2D eigenvalue weighted by Gasteiger charge is 2.45. The molecule has 0 radical (unpaired) electrons. The third-order valence-electron chi connectivity index (χ3n) is 5.17. The second kappa shape index (κ2) is 11.1. The number of Topliss-reactive ketones (excluding diaryl/α,β-unsaturated/α-hetero) is 1. The van der Waals surface area contributed by atoms with Crippen LogP contribution in [0.15, 0.2) is 23.3 Å². The van der Waals surface area contributed by atoms with Crippen LogP contribution in [-0.2, 0) is 23.9 Å². The Hall–Kier alpha value is -1.95. The fraction of sp³-hybridized carbons (Fsp3) is 0.682. The van der Waals surface area contributed by atoms with Gasteiger partial charge in [-0.25, -0.2) is 4.79 Å². The lowest BCUT2D eigenvalue weighted by Gasteiger charge is -2.34. The number of hydrogen-bond donors (Lipinski definition) is 1. The molecule has 0 spiro atoms. The first kappa shape index (κ1) is 24.1. The van der Waals surface area contributed by atoms with Gasteiger partial charge in [-0.05, 0) is 64.4 Å². The average Bonchev–Trinajstić information content (AvgIpc) is 2.73. The summed E-state index contributed by atoms with van der Waals surface area (Å²) in [7, 11) is 0. The van der Waals surface area contributed by atoms with Crippen LogP contribution in [0.25, 0.3) is 0 Å². The molecule has 0 aliphatic carbocycles. The van der Waals surface area contributed by atoms with Crippen molar-refractivity contribution in [3.8, 4) is 0 Å². The molecule has 158 valence electrons. The highest BCUT2D eigenvalue weighted by molar-refractivity contribution is 5.88. The second-order valence-corrected chi connectivity index (χ2v) is 8.10. The lowest BCUT2D eigenvalue weighted by Crippen LogP contribution is -2.50. The van der Waals surface area contributed by atoms with E-state index >= 15 is 0 Å². The van der Waals surface area contributed by atoms with Gasteiger partial charge in [-0.1, -0.05) is 18.6 Å². The van der Waals surface area contributed by atoms with E-state index in [0.29, 0.717) is 30.8 Å². The van der Waals surface area contributed by atoms with Crippen molar-refractivity contribution in [2.75, 3.05) is 6.61 Å². The number of aliphatic carboxylic acids is 1. The zero-order chi connectivity index (χ0) is 21.3. The summed E-state index contributed by atoms with van der Waals surface area (Å²) in [5, 5.41) is 8.97. The van der Waals surface area contributed by atoms with Crippen molar-refractivity contribution in [2.45, 2.75) is 84.8 Å². The summed E-state index contributed by atoms with van der Waals surface area (Å²) in [6.07, 6.45) is 6.41. The van der Waals surface area contributed by atoms with E-state index in [1.807, 2.05) is 0 Å². The maximum absolute atomic E-state index is 13.0. The molecule has 0 aromatic rings. The standard InChI is InChI=1S/C22H34O6/c1-15(2)7-6-8-16(3)9-11-19(24)22(5)20(28-17(4)23)12-10-18(14-27-22)13-21(25)26/h7,13,16,20H,6,8-12,14H2,1-5H3,(H,25,26)/t16?,20-,22-/m1/s1. The molecular formula is C22H34O6. The Balaban J connectivity index is 2.82. The summed E-state index contributed by atoms with van der Waals surface area (Å²) in [6, 6.07) is 0. The van der Waals surface area contributed by atoms with E-state index in [2.05, 4.69) is 26.8 Å². The highest BCUT2D eigenvalue weighted by atomic mass is 16.6. The summed E-state index contributed by atoms with van der Waals surface area (Å²) in [5.74, 6) is -1.25. The number of carbonyl (C=O) groups excluding carboxylic acids is 2. The number of ketones is 1. The lowest BCUT2D eigenvalue weighted by molar-refractivity contribution is -0.173. The van der Waals surface area contributed by atoms with Gasteiger partial charge in [0.1, 0.15) is 6.10 Å². The topological polar surface area (TPSA) is 89.9 Å². The van der Waals surface area contributed by atoms with E-state index in [1.54, 1.807) is 6.92 Å². The molecule has 1 rings (SSSR count). The molecule has 1 unspecified atom stereocenters. The van der Waals surface area contributed by atoms with Gasteiger partial charge < -0.3 is 14.6 Å². The van der Waals surface area contributed by atoms with Crippen molar-refractivity contribution in [3.63, 3.8) is 0 Å². The van der Waals surface area contributed by atoms with Crippen LogP contribution in [0.1, 0.15) is 73.1 Å². The summed E-state index contributed by atoms with van der Waals surface area (Å²) in [4.78, 5) is 35.5. The van der Waals surface area contributed by atoms with E-state index < -0.39 is 23.6 Å². The first-order chi connectivity index (χ1) is 13.0. The Morgan fingerprint density at radius 2 is 1.96 bits per heavy atom.